The van der Waals surface area contributed by atoms with Crippen molar-refractivity contribution < 1.29 is 0 Å². The summed E-state index contributed by atoms with van der Waals surface area (Å²) in [7, 11) is 0. The van der Waals surface area contributed by atoms with Gasteiger partial charge in [0.1, 0.15) is 5.65 Å². The van der Waals surface area contributed by atoms with Gasteiger partial charge >= 0.3 is 0 Å². The first kappa shape index (κ1) is 24.6. The Morgan fingerprint density at radius 3 is 1.84 bits per heavy atom. The molecule has 9 aromatic rings. The van der Waals surface area contributed by atoms with Crippen LogP contribution >= 0.6 is 0 Å². The summed E-state index contributed by atoms with van der Waals surface area (Å²) in [6.45, 7) is 0. The van der Waals surface area contributed by atoms with Gasteiger partial charge in [0.25, 0.3) is 0 Å². The van der Waals surface area contributed by atoms with E-state index in [4.69, 9.17) is 9.97 Å². The first-order chi connectivity index (χ1) is 21.8. The molecule has 0 radical (unpaired) electrons. The van der Waals surface area contributed by atoms with E-state index in [1.54, 1.807) is 0 Å². The SMILES string of the molecule is c1ccc(-c2nc(-c3ccccc3)c3c4cc(-c5ccc6[nH]c7ccccc7c6c5)ccc4n(-c4ccccc4)c3n2)cc1. The third-order valence-electron chi connectivity index (χ3n) is 8.54. The highest BCUT2D eigenvalue weighted by Crippen LogP contribution is 2.40. The molecule has 9 rings (SSSR count). The van der Waals surface area contributed by atoms with E-state index in [2.05, 4.69) is 137 Å². The van der Waals surface area contributed by atoms with Crippen molar-refractivity contribution in [1.29, 1.82) is 0 Å². The van der Waals surface area contributed by atoms with Crippen LogP contribution in [0.25, 0.3) is 83.2 Å². The Morgan fingerprint density at radius 2 is 1.07 bits per heavy atom. The van der Waals surface area contributed by atoms with E-state index in [9.17, 15) is 0 Å². The lowest BCUT2D eigenvalue weighted by atomic mass is 9.99. The summed E-state index contributed by atoms with van der Waals surface area (Å²) in [6, 6.07) is 53.2. The van der Waals surface area contributed by atoms with E-state index in [0.717, 1.165) is 61.0 Å². The molecule has 0 aliphatic carbocycles. The number of nitrogens with zero attached hydrogens (tertiary/aromatic N) is 3. The Labute approximate surface area is 253 Å². The molecular weight excluding hydrogens is 536 g/mol. The summed E-state index contributed by atoms with van der Waals surface area (Å²) in [4.78, 5) is 14.1. The number of H-pyrrole nitrogens is 1. The fraction of sp³-hybridized carbons (Fsp3) is 0. The number of aromatic nitrogens is 4. The predicted molar refractivity (Wildman–Crippen MR) is 182 cm³/mol. The van der Waals surface area contributed by atoms with Crippen molar-refractivity contribution in [2.24, 2.45) is 0 Å². The van der Waals surface area contributed by atoms with Crippen LogP contribution in [0.1, 0.15) is 0 Å². The van der Waals surface area contributed by atoms with E-state index < -0.39 is 0 Å². The van der Waals surface area contributed by atoms with Crippen molar-refractivity contribution in [3.63, 3.8) is 0 Å². The molecular formula is C40H26N4. The molecule has 0 unspecified atom stereocenters. The van der Waals surface area contributed by atoms with Gasteiger partial charge in [0.05, 0.1) is 16.6 Å². The van der Waals surface area contributed by atoms with E-state index in [-0.39, 0.29) is 0 Å². The smallest absolute Gasteiger partial charge is 0.162 e. The molecule has 0 bridgehead atoms. The second-order valence-electron chi connectivity index (χ2n) is 11.2. The van der Waals surface area contributed by atoms with Crippen LogP contribution < -0.4 is 0 Å². The molecule has 0 saturated heterocycles. The minimum Gasteiger partial charge on any atom is -0.355 e. The lowest BCUT2D eigenvalue weighted by Gasteiger charge is -2.10. The van der Waals surface area contributed by atoms with E-state index in [1.165, 1.54) is 16.3 Å². The number of rotatable bonds is 4. The zero-order chi connectivity index (χ0) is 29.0. The van der Waals surface area contributed by atoms with Crippen LogP contribution in [-0.4, -0.2) is 19.5 Å². The lowest BCUT2D eigenvalue weighted by molar-refractivity contribution is 1.11. The first-order valence-corrected chi connectivity index (χ1v) is 14.9. The first-order valence-electron chi connectivity index (χ1n) is 14.9. The van der Waals surface area contributed by atoms with E-state index in [0.29, 0.717) is 5.82 Å². The van der Waals surface area contributed by atoms with Gasteiger partial charge in [-0.15, -0.1) is 0 Å². The third kappa shape index (κ3) is 3.85. The minimum atomic E-state index is 0.710. The maximum Gasteiger partial charge on any atom is 0.162 e. The monoisotopic (exact) mass is 562 g/mol. The molecule has 0 spiro atoms. The van der Waals surface area contributed by atoms with Crippen molar-refractivity contribution in [1.82, 2.24) is 19.5 Å². The van der Waals surface area contributed by atoms with Crippen molar-refractivity contribution >= 4 is 43.7 Å². The van der Waals surface area contributed by atoms with Crippen LogP contribution in [-0.2, 0) is 0 Å². The number of para-hydroxylation sites is 2. The van der Waals surface area contributed by atoms with Crippen LogP contribution in [0.4, 0.5) is 0 Å². The molecule has 206 valence electrons. The summed E-state index contributed by atoms with van der Waals surface area (Å²) < 4.78 is 2.28. The van der Waals surface area contributed by atoms with Crippen molar-refractivity contribution in [3.05, 3.63) is 152 Å². The number of aromatic amines is 1. The Bertz CT molecular complexity index is 2470. The van der Waals surface area contributed by atoms with Gasteiger partial charge < -0.3 is 4.98 Å². The number of hydrogen-bond donors (Lipinski definition) is 1. The topological polar surface area (TPSA) is 46.5 Å². The molecule has 3 aromatic heterocycles. The second kappa shape index (κ2) is 9.79. The molecule has 6 aromatic carbocycles. The number of fused-ring (bicyclic) bond motifs is 6. The fourth-order valence-corrected chi connectivity index (χ4v) is 6.47. The van der Waals surface area contributed by atoms with Crippen LogP contribution in [0.5, 0.6) is 0 Å². The highest BCUT2D eigenvalue weighted by atomic mass is 15.1. The molecule has 4 nitrogen and oxygen atoms in total. The molecule has 0 fully saturated rings. The number of nitrogens with one attached hydrogen (secondary N) is 1. The molecule has 0 amide bonds. The molecule has 0 aliphatic heterocycles. The Kier molecular flexibility index (Phi) is 5.47. The van der Waals surface area contributed by atoms with Crippen molar-refractivity contribution in [2.45, 2.75) is 0 Å². The maximum absolute atomic E-state index is 5.26. The molecule has 3 heterocycles. The largest absolute Gasteiger partial charge is 0.355 e. The van der Waals surface area contributed by atoms with Crippen molar-refractivity contribution in [3.8, 4) is 39.5 Å². The zero-order valence-corrected chi connectivity index (χ0v) is 23.8. The van der Waals surface area contributed by atoms with Gasteiger partial charge in [-0.25, -0.2) is 9.97 Å². The average molecular weight is 563 g/mol. The van der Waals surface area contributed by atoms with Gasteiger partial charge in [-0.2, -0.15) is 0 Å². The predicted octanol–water partition coefficient (Wildman–Crippen LogP) is 10.2. The van der Waals surface area contributed by atoms with Gasteiger partial charge in [0.2, 0.25) is 0 Å². The van der Waals surface area contributed by atoms with Gasteiger partial charge in [0, 0.05) is 44.0 Å². The second-order valence-corrected chi connectivity index (χ2v) is 11.2. The van der Waals surface area contributed by atoms with Crippen LogP contribution in [0, 0.1) is 0 Å². The number of hydrogen-bond acceptors (Lipinski definition) is 2. The molecule has 4 heteroatoms. The molecule has 44 heavy (non-hydrogen) atoms. The lowest BCUT2D eigenvalue weighted by Crippen LogP contribution is -1.99. The van der Waals surface area contributed by atoms with Gasteiger partial charge in [-0.1, -0.05) is 109 Å². The summed E-state index contributed by atoms with van der Waals surface area (Å²) in [5.74, 6) is 0.710. The summed E-state index contributed by atoms with van der Waals surface area (Å²) in [5.41, 5.74) is 10.7. The Hall–Kier alpha value is -6.00. The molecule has 0 aliphatic rings. The van der Waals surface area contributed by atoms with Crippen LogP contribution in [0.3, 0.4) is 0 Å². The zero-order valence-electron chi connectivity index (χ0n) is 23.8. The normalized spacial score (nSPS) is 11.6. The Morgan fingerprint density at radius 1 is 0.455 bits per heavy atom. The molecule has 0 saturated carbocycles. The molecule has 1 N–H and O–H groups in total. The van der Waals surface area contributed by atoms with Crippen molar-refractivity contribution in [2.75, 3.05) is 0 Å². The third-order valence-corrected chi connectivity index (χ3v) is 8.54. The van der Waals surface area contributed by atoms with Gasteiger partial charge in [0.15, 0.2) is 5.82 Å². The summed E-state index contributed by atoms with van der Waals surface area (Å²) >= 11 is 0. The summed E-state index contributed by atoms with van der Waals surface area (Å²) in [6.07, 6.45) is 0. The Balaban J connectivity index is 1.37. The maximum atomic E-state index is 5.26. The minimum absolute atomic E-state index is 0.710. The van der Waals surface area contributed by atoms with Crippen LogP contribution in [0.2, 0.25) is 0 Å². The molecule has 0 atom stereocenters. The van der Waals surface area contributed by atoms with Crippen LogP contribution in [0.15, 0.2) is 152 Å². The summed E-state index contributed by atoms with van der Waals surface area (Å²) in [5, 5.41) is 4.63. The highest BCUT2D eigenvalue weighted by molar-refractivity contribution is 6.15. The van der Waals surface area contributed by atoms with Gasteiger partial charge in [-0.05, 0) is 53.6 Å². The van der Waals surface area contributed by atoms with E-state index >= 15 is 0 Å². The highest BCUT2D eigenvalue weighted by Gasteiger charge is 2.21. The van der Waals surface area contributed by atoms with E-state index in [1.807, 2.05) is 24.3 Å². The average Bonchev–Trinajstić information content (AvgIpc) is 3.64. The number of benzene rings is 6. The fourth-order valence-electron chi connectivity index (χ4n) is 6.47. The quantitative estimate of drug-likeness (QED) is 0.232. The standard InChI is InChI=1S/C40H26N4/c1-4-12-26(13-5-1)38-37-33-25-29(28-20-22-35-32(24-28)31-18-10-11-19-34(31)41-35)21-23-36(33)44(30-16-8-3-9-17-30)40(37)43-39(42-38)27-14-6-2-7-15-27/h1-25,41H. The van der Waals surface area contributed by atoms with Gasteiger partial charge in [-0.3, -0.25) is 4.57 Å².